The van der Waals surface area contributed by atoms with Gasteiger partial charge < -0.3 is 9.84 Å². The summed E-state index contributed by atoms with van der Waals surface area (Å²) in [6.45, 7) is 6.03. The standard InChI is InChI=1S/C15H16Cl2N2O2/c1-15(2,3)12-8-13(19-21-12)18-14(20)7-9-4-5-10(16)11(17)6-9/h4-6,8H,7H2,1-3H3,(H,18,19,20). The second kappa shape index (κ2) is 6.08. The first-order valence-corrected chi connectivity index (χ1v) is 7.22. The first kappa shape index (κ1) is 15.9. The predicted octanol–water partition coefficient (Wildman–Crippen LogP) is 4.46. The number of aromatic nitrogens is 1. The highest BCUT2D eigenvalue weighted by molar-refractivity contribution is 6.42. The molecule has 4 nitrogen and oxygen atoms in total. The lowest BCUT2D eigenvalue weighted by Crippen LogP contribution is -2.14. The fourth-order valence-electron chi connectivity index (χ4n) is 1.71. The Morgan fingerprint density at radius 2 is 1.95 bits per heavy atom. The summed E-state index contributed by atoms with van der Waals surface area (Å²) in [6.07, 6.45) is 0.189. The number of amides is 1. The lowest BCUT2D eigenvalue weighted by Gasteiger charge is -2.12. The molecule has 0 aliphatic heterocycles. The summed E-state index contributed by atoms with van der Waals surface area (Å²) in [5.41, 5.74) is 0.626. The van der Waals surface area contributed by atoms with E-state index in [1.54, 1.807) is 24.3 Å². The Morgan fingerprint density at radius 3 is 2.52 bits per heavy atom. The molecule has 0 bridgehead atoms. The molecule has 0 saturated carbocycles. The molecule has 112 valence electrons. The number of nitrogens with zero attached hydrogens (tertiary/aromatic N) is 1. The first-order chi connectivity index (χ1) is 9.75. The second-order valence-electron chi connectivity index (χ2n) is 5.80. The average molecular weight is 327 g/mol. The van der Waals surface area contributed by atoms with Gasteiger partial charge in [-0.15, -0.1) is 0 Å². The van der Waals surface area contributed by atoms with Crippen LogP contribution in [0.3, 0.4) is 0 Å². The van der Waals surface area contributed by atoms with Gasteiger partial charge in [-0.25, -0.2) is 0 Å². The molecule has 6 heteroatoms. The maximum Gasteiger partial charge on any atom is 0.230 e. The molecule has 0 aliphatic rings. The second-order valence-corrected chi connectivity index (χ2v) is 6.61. The molecule has 0 saturated heterocycles. The van der Waals surface area contributed by atoms with Crippen LogP contribution in [-0.4, -0.2) is 11.1 Å². The smallest absolute Gasteiger partial charge is 0.230 e. The molecule has 0 unspecified atom stereocenters. The van der Waals surface area contributed by atoms with Crippen molar-refractivity contribution in [2.24, 2.45) is 0 Å². The Balaban J connectivity index is 2.01. The summed E-state index contributed by atoms with van der Waals surface area (Å²) in [4.78, 5) is 12.0. The fraction of sp³-hybridized carbons (Fsp3) is 0.333. The zero-order chi connectivity index (χ0) is 15.6. The van der Waals surface area contributed by atoms with Crippen LogP contribution in [0.2, 0.25) is 10.0 Å². The van der Waals surface area contributed by atoms with Crippen molar-refractivity contribution < 1.29 is 9.32 Å². The lowest BCUT2D eigenvalue weighted by molar-refractivity contribution is -0.115. The molecule has 0 radical (unpaired) electrons. The van der Waals surface area contributed by atoms with Crippen LogP contribution in [0.15, 0.2) is 28.8 Å². The normalized spacial score (nSPS) is 11.5. The van der Waals surface area contributed by atoms with E-state index in [9.17, 15) is 4.79 Å². The van der Waals surface area contributed by atoms with Crippen LogP contribution in [0.25, 0.3) is 0 Å². The molecule has 0 aliphatic carbocycles. The average Bonchev–Trinajstić information content (AvgIpc) is 2.82. The topological polar surface area (TPSA) is 55.1 Å². The third-order valence-corrected chi connectivity index (χ3v) is 3.60. The molecule has 1 N–H and O–H groups in total. The van der Waals surface area contributed by atoms with E-state index in [1.165, 1.54) is 0 Å². The van der Waals surface area contributed by atoms with Gasteiger partial charge in [-0.1, -0.05) is 55.2 Å². The summed E-state index contributed by atoms with van der Waals surface area (Å²) in [5, 5.41) is 7.43. The molecule has 0 atom stereocenters. The maximum atomic E-state index is 12.0. The summed E-state index contributed by atoms with van der Waals surface area (Å²) in [7, 11) is 0. The lowest BCUT2D eigenvalue weighted by atomic mass is 9.93. The number of hydrogen-bond donors (Lipinski definition) is 1. The minimum atomic E-state index is -0.192. The van der Waals surface area contributed by atoms with Gasteiger partial charge in [0.05, 0.1) is 16.5 Å². The van der Waals surface area contributed by atoms with Crippen LogP contribution in [0, 0.1) is 0 Å². The van der Waals surface area contributed by atoms with Crippen molar-refractivity contribution >= 4 is 34.9 Å². The number of nitrogens with one attached hydrogen (secondary N) is 1. The Labute approximate surface area is 133 Å². The van der Waals surface area contributed by atoms with Gasteiger partial charge in [0, 0.05) is 11.5 Å². The van der Waals surface area contributed by atoms with Gasteiger partial charge in [0.25, 0.3) is 0 Å². The SMILES string of the molecule is CC(C)(C)c1cc(NC(=O)Cc2ccc(Cl)c(Cl)c2)no1. The molecule has 1 heterocycles. The number of benzene rings is 1. The number of carbonyl (C=O) groups excluding carboxylic acids is 1. The van der Waals surface area contributed by atoms with E-state index >= 15 is 0 Å². The number of halogens is 2. The Kier molecular flexibility index (Phi) is 4.59. The summed E-state index contributed by atoms with van der Waals surface area (Å²) < 4.78 is 5.21. The highest BCUT2D eigenvalue weighted by Gasteiger charge is 2.20. The van der Waals surface area contributed by atoms with Crippen molar-refractivity contribution in [2.75, 3.05) is 5.32 Å². The highest BCUT2D eigenvalue weighted by Crippen LogP contribution is 2.25. The van der Waals surface area contributed by atoms with Crippen molar-refractivity contribution in [1.82, 2.24) is 5.16 Å². The fourth-order valence-corrected chi connectivity index (χ4v) is 2.03. The largest absolute Gasteiger partial charge is 0.359 e. The van der Waals surface area contributed by atoms with E-state index in [-0.39, 0.29) is 17.7 Å². The van der Waals surface area contributed by atoms with Gasteiger partial charge in [0.15, 0.2) is 5.82 Å². The van der Waals surface area contributed by atoms with Crippen molar-refractivity contribution in [2.45, 2.75) is 32.6 Å². The number of carbonyl (C=O) groups is 1. The molecular formula is C15H16Cl2N2O2. The monoisotopic (exact) mass is 326 g/mol. The van der Waals surface area contributed by atoms with Gasteiger partial charge in [-0.2, -0.15) is 0 Å². The molecule has 1 amide bonds. The van der Waals surface area contributed by atoms with E-state index in [4.69, 9.17) is 27.7 Å². The van der Waals surface area contributed by atoms with Crippen molar-refractivity contribution in [3.05, 3.63) is 45.6 Å². The van der Waals surface area contributed by atoms with Crippen molar-refractivity contribution in [3.63, 3.8) is 0 Å². The minimum absolute atomic E-state index is 0.153. The zero-order valence-electron chi connectivity index (χ0n) is 12.0. The zero-order valence-corrected chi connectivity index (χ0v) is 13.5. The first-order valence-electron chi connectivity index (χ1n) is 6.46. The van der Waals surface area contributed by atoms with Crippen LogP contribution in [-0.2, 0) is 16.6 Å². The Bertz CT molecular complexity index is 660. The maximum absolute atomic E-state index is 12.0. The third kappa shape index (κ3) is 4.22. The van der Waals surface area contributed by atoms with Gasteiger partial charge >= 0.3 is 0 Å². The minimum Gasteiger partial charge on any atom is -0.359 e. The van der Waals surface area contributed by atoms with Gasteiger partial charge in [0.2, 0.25) is 5.91 Å². The van der Waals surface area contributed by atoms with Gasteiger partial charge in [-0.05, 0) is 17.7 Å². The number of rotatable bonds is 3. The van der Waals surface area contributed by atoms with Gasteiger partial charge in [-0.3, -0.25) is 4.79 Å². The number of hydrogen-bond acceptors (Lipinski definition) is 3. The molecule has 21 heavy (non-hydrogen) atoms. The van der Waals surface area contributed by atoms with E-state index in [1.807, 2.05) is 20.8 Å². The molecule has 0 spiro atoms. The molecule has 2 aromatic rings. The highest BCUT2D eigenvalue weighted by atomic mass is 35.5. The van der Waals surface area contributed by atoms with Crippen LogP contribution in [0.1, 0.15) is 32.1 Å². The molecule has 0 fully saturated rings. The molecule has 1 aromatic heterocycles. The summed E-state index contributed by atoms with van der Waals surface area (Å²) >= 11 is 11.8. The quantitative estimate of drug-likeness (QED) is 0.905. The Hall–Kier alpha value is -1.52. The predicted molar refractivity (Wildman–Crippen MR) is 84.0 cm³/mol. The van der Waals surface area contributed by atoms with E-state index in [0.29, 0.717) is 21.6 Å². The molecular weight excluding hydrogens is 311 g/mol. The van der Waals surface area contributed by atoms with Crippen molar-refractivity contribution in [1.29, 1.82) is 0 Å². The van der Waals surface area contributed by atoms with E-state index in [2.05, 4.69) is 10.5 Å². The number of anilines is 1. The third-order valence-electron chi connectivity index (χ3n) is 2.87. The summed E-state index contributed by atoms with van der Waals surface area (Å²) in [5.74, 6) is 0.930. The van der Waals surface area contributed by atoms with E-state index in [0.717, 1.165) is 5.56 Å². The van der Waals surface area contributed by atoms with Crippen molar-refractivity contribution in [3.8, 4) is 0 Å². The van der Waals surface area contributed by atoms with Crippen LogP contribution < -0.4 is 5.32 Å². The van der Waals surface area contributed by atoms with E-state index < -0.39 is 0 Å². The van der Waals surface area contributed by atoms with Crippen LogP contribution in [0.5, 0.6) is 0 Å². The van der Waals surface area contributed by atoms with Crippen LogP contribution in [0.4, 0.5) is 5.82 Å². The summed E-state index contributed by atoms with van der Waals surface area (Å²) in [6, 6.07) is 6.83. The van der Waals surface area contributed by atoms with Gasteiger partial charge in [0.1, 0.15) is 5.76 Å². The molecule has 2 rings (SSSR count). The van der Waals surface area contributed by atoms with Crippen LogP contribution >= 0.6 is 23.2 Å². The Morgan fingerprint density at radius 1 is 1.24 bits per heavy atom. The molecule has 1 aromatic carbocycles.